The maximum Gasteiger partial charge on any atom is 0.124 e. The van der Waals surface area contributed by atoms with Gasteiger partial charge in [0.2, 0.25) is 0 Å². The number of hydrogen-bond acceptors (Lipinski definition) is 2. The van der Waals surface area contributed by atoms with Gasteiger partial charge < -0.3 is 4.90 Å². The van der Waals surface area contributed by atoms with Gasteiger partial charge in [-0.25, -0.2) is 4.99 Å². The molecule has 1 unspecified atom stereocenters. The molecule has 0 N–H and O–H groups in total. The second-order valence-electron chi connectivity index (χ2n) is 5.07. The van der Waals surface area contributed by atoms with E-state index in [0.717, 1.165) is 18.8 Å². The molecule has 0 saturated heterocycles. The van der Waals surface area contributed by atoms with E-state index in [9.17, 15) is 0 Å². The average Bonchev–Trinajstić information content (AvgIpc) is 2.61. The van der Waals surface area contributed by atoms with Crippen LogP contribution in [0.25, 0.3) is 0 Å². The maximum absolute atomic E-state index is 4.63. The molecule has 18 heavy (non-hydrogen) atoms. The lowest BCUT2D eigenvalue weighted by Crippen LogP contribution is -2.32. The molecule has 1 aliphatic rings. The van der Waals surface area contributed by atoms with Crippen LogP contribution in [0.3, 0.4) is 0 Å². The van der Waals surface area contributed by atoms with E-state index in [1.54, 1.807) is 0 Å². The lowest BCUT2D eigenvalue weighted by atomic mass is 10.1. The summed E-state index contributed by atoms with van der Waals surface area (Å²) in [5.74, 6) is 1.16. The van der Waals surface area contributed by atoms with Crippen LogP contribution in [0, 0.1) is 0 Å². The van der Waals surface area contributed by atoms with Crippen LogP contribution in [0.15, 0.2) is 28.5 Å². The third-order valence-corrected chi connectivity index (χ3v) is 3.52. The van der Waals surface area contributed by atoms with Crippen molar-refractivity contribution < 1.29 is 0 Å². The van der Waals surface area contributed by atoms with E-state index in [4.69, 9.17) is 0 Å². The van der Waals surface area contributed by atoms with Gasteiger partial charge in [0.05, 0.1) is 0 Å². The van der Waals surface area contributed by atoms with Crippen LogP contribution in [-0.4, -0.2) is 23.7 Å². The van der Waals surface area contributed by atoms with Gasteiger partial charge in [-0.3, -0.25) is 0 Å². The molecular weight excluding hydrogens is 220 g/mol. The lowest BCUT2D eigenvalue weighted by Gasteiger charge is -2.30. The van der Waals surface area contributed by atoms with E-state index in [0.29, 0.717) is 6.04 Å². The summed E-state index contributed by atoms with van der Waals surface area (Å²) in [6.07, 6.45) is 12.3. The molecule has 1 heterocycles. The summed E-state index contributed by atoms with van der Waals surface area (Å²) < 4.78 is 0. The smallest absolute Gasteiger partial charge is 0.124 e. The molecule has 0 aromatic carbocycles. The number of aliphatic imine (C=N–C) groups is 1. The van der Waals surface area contributed by atoms with E-state index in [1.807, 2.05) is 6.21 Å². The molecule has 1 aliphatic heterocycles. The van der Waals surface area contributed by atoms with E-state index in [-0.39, 0.29) is 0 Å². The van der Waals surface area contributed by atoms with Crippen molar-refractivity contribution in [2.75, 3.05) is 6.54 Å². The minimum absolute atomic E-state index is 0.570. The molecule has 1 rings (SSSR count). The van der Waals surface area contributed by atoms with Gasteiger partial charge in [-0.1, -0.05) is 32.8 Å². The molecule has 1 atom stereocenters. The largest absolute Gasteiger partial charge is 0.354 e. The molecule has 0 fully saturated rings. The maximum atomic E-state index is 4.63. The van der Waals surface area contributed by atoms with Gasteiger partial charge in [-0.05, 0) is 44.8 Å². The SMILES string of the molecule is CCCC1=CC=NC(N(CCC)C(C)CC)=CC1. The number of hydrogen-bond donors (Lipinski definition) is 0. The first-order valence-electron chi connectivity index (χ1n) is 7.41. The van der Waals surface area contributed by atoms with Crippen molar-refractivity contribution in [3.05, 3.63) is 23.5 Å². The molecule has 102 valence electrons. The Morgan fingerprint density at radius 3 is 2.67 bits per heavy atom. The molecule has 0 amide bonds. The van der Waals surface area contributed by atoms with Gasteiger partial charge >= 0.3 is 0 Å². The second-order valence-corrected chi connectivity index (χ2v) is 5.07. The number of nitrogens with zero attached hydrogens (tertiary/aromatic N) is 2. The predicted octanol–water partition coefficient (Wildman–Crippen LogP) is 4.54. The summed E-state index contributed by atoms with van der Waals surface area (Å²) in [6.45, 7) is 10.1. The quantitative estimate of drug-likeness (QED) is 0.646. The van der Waals surface area contributed by atoms with E-state index in [2.05, 4.69) is 49.7 Å². The van der Waals surface area contributed by atoms with E-state index in [1.165, 1.54) is 31.3 Å². The fourth-order valence-corrected chi connectivity index (χ4v) is 2.28. The van der Waals surface area contributed by atoms with Crippen molar-refractivity contribution in [1.29, 1.82) is 0 Å². The topological polar surface area (TPSA) is 15.6 Å². The third kappa shape index (κ3) is 4.32. The molecule has 0 aromatic heterocycles. The molecule has 2 nitrogen and oxygen atoms in total. The summed E-state index contributed by atoms with van der Waals surface area (Å²) in [5, 5.41) is 0. The molecule has 2 heteroatoms. The van der Waals surface area contributed by atoms with Crippen molar-refractivity contribution in [2.24, 2.45) is 4.99 Å². The van der Waals surface area contributed by atoms with Gasteiger partial charge in [-0.15, -0.1) is 0 Å². The highest BCUT2D eigenvalue weighted by Gasteiger charge is 2.14. The molecule has 0 radical (unpaired) electrons. The summed E-state index contributed by atoms with van der Waals surface area (Å²) >= 11 is 0. The summed E-state index contributed by atoms with van der Waals surface area (Å²) in [6, 6.07) is 0.570. The van der Waals surface area contributed by atoms with E-state index >= 15 is 0 Å². The monoisotopic (exact) mass is 248 g/mol. The van der Waals surface area contributed by atoms with Crippen molar-refractivity contribution in [2.45, 2.75) is 65.8 Å². The number of allylic oxidation sites excluding steroid dienone is 3. The fraction of sp³-hybridized carbons (Fsp3) is 0.688. The zero-order valence-electron chi connectivity index (χ0n) is 12.4. The van der Waals surface area contributed by atoms with Crippen molar-refractivity contribution in [3.63, 3.8) is 0 Å². The predicted molar refractivity (Wildman–Crippen MR) is 80.9 cm³/mol. The molecule has 0 bridgehead atoms. The first kappa shape index (κ1) is 15.0. The minimum atomic E-state index is 0.570. The Hall–Kier alpha value is -1.05. The Kier molecular flexibility index (Phi) is 6.77. The molecule has 0 aliphatic carbocycles. The lowest BCUT2D eigenvalue weighted by molar-refractivity contribution is 0.259. The van der Waals surface area contributed by atoms with Crippen LogP contribution >= 0.6 is 0 Å². The van der Waals surface area contributed by atoms with Crippen molar-refractivity contribution in [3.8, 4) is 0 Å². The minimum Gasteiger partial charge on any atom is -0.354 e. The molecule has 0 spiro atoms. The standard InChI is InChI=1S/C16H28N2/c1-5-8-15-9-10-16(17-12-11-15)18(13-6-2)14(4)7-3/h10-12,14H,5-9,13H2,1-4H3. The van der Waals surface area contributed by atoms with Crippen LogP contribution in [-0.2, 0) is 0 Å². The Morgan fingerprint density at radius 1 is 1.28 bits per heavy atom. The van der Waals surface area contributed by atoms with Crippen LogP contribution in [0.5, 0.6) is 0 Å². The van der Waals surface area contributed by atoms with Gasteiger partial charge in [-0.2, -0.15) is 0 Å². The first-order valence-corrected chi connectivity index (χ1v) is 7.41. The average molecular weight is 248 g/mol. The molecule has 0 saturated carbocycles. The second kappa shape index (κ2) is 8.12. The zero-order chi connectivity index (χ0) is 13.4. The van der Waals surface area contributed by atoms with Gasteiger partial charge in [0, 0.05) is 18.8 Å². The highest BCUT2D eigenvalue weighted by atomic mass is 15.2. The van der Waals surface area contributed by atoms with Crippen molar-refractivity contribution >= 4 is 6.21 Å². The van der Waals surface area contributed by atoms with Gasteiger partial charge in [0.1, 0.15) is 5.82 Å². The highest BCUT2D eigenvalue weighted by molar-refractivity contribution is 5.73. The molecule has 0 aromatic rings. The van der Waals surface area contributed by atoms with Crippen LogP contribution in [0.2, 0.25) is 0 Å². The normalized spacial score (nSPS) is 16.9. The number of rotatable bonds is 7. The Morgan fingerprint density at radius 2 is 2.06 bits per heavy atom. The van der Waals surface area contributed by atoms with Crippen molar-refractivity contribution in [1.82, 2.24) is 4.90 Å². The van der Waals surface area contributed by atoms with Crippen LogP contribution in [0.4, 0.5) is 0 Å². The third-order valence-electron chi connectivity index (χ3n) is 3.52. The van der Waals surface area contributed by atoms with Crippen LogP contribution < -0.4 is 0 Å². The highest BCUT2D eigenvalue weighted by Crippen LogP contribution is 2.20. The van der Waals surface area contributed by atoms with Gasteiger partial charge in [0.25, 0.3) is 0 Å². The Bertz CT molecular complexity index is 326. The summed E-state index contributed by atoms with van der Waals surface area (Å²) in [7, 11) is 0. The summed E-state index contributed by atoms with van der Waals surface area (Å²) in [4.78, 5) is 7.07. The van der Waals surface area contributed by atoms with E-state index < -0.39 is 0 Å². The zero-order valence-corrected chi connectivity index (χ0v) is 12.4. The Labute approximate surface area is 112 Å². The Balaban J connectivity index is 2.76. The fourth-order valence-electron chi connectivity index (χ4n) is 2.28. The van der Waals surface area contributed by atoms with Crippen LogP contribution in [0.1, 0.15) is 59.8 Å². The van der Waals surface area contributed by atoms with Gasteiger partial charge in [0.15, 0.2) is 0 Å². The first-order chi connectivity index (χ1) is 8.72. The molecular formula is C16H28N2. The summed E-state index contributed by atoms with van der Waals surface area (Å²) in [5.41, 5.74) is 1.50.